The molecule has 2 heterocycles. The molecule has 0 saturated carbocycles. The second-order valence-electron chi connectivity index (χ2n) is 16.1. The fourth-order valence-electron chi connectivity index (χ4n) is 9.10. The van der Waals surface area contributed by atoms with Crippen LogP contribution in [0.5, 0.6) is 0 Å². The first-order valence-electron chi connectivity index (χ1n) is 21.6. The monoisotopic (exact) mass is 817 g/mol. The number of benzene rings is 10. The Morgan fingerprint density at radius 1 is 0.297 bits per heavy atom. The summed E-state index contributed by atoms with van der Waals surface area (Å²) in [5, 5.41) is 7.10. The van der Waals surface area contributed by atoms with E-state index in [1.54, 1.807) is 0 Å². The molecule has 0 N–H and O–H groups in total. The summed E-state index contributed by atoms with van der Waals surface area (Å²) < 4.78 is 2.23. The van der Waals surface area contributed by atoms with Gasteiger partial charge in [0.2, 0.25) is 5.95 Å². The molecule has 5 heteroatoms. The van der Waals surface area contributed by atoms with E-state index in [4.69, 9.17) is 15.0 Å². The van der Waals surface area contributed by atoms with Gasteiger partial charge < -0.3 is 4.90 Å². The van der Waals surface area contributed by atoms with E-state index in [0.29, 0.717) is 17.6 Å². The average molecular weight is 818 g/mol. The van der Waals surface area contributed by atoms with Crippen molar-refractivity contribution in [3.63, 3.8) is 0 Å². The summed E-state index contributed by atoms with van der Waals surface area (Å²) >= 11 is 0. The molecular formula is C59H39N5. The van der Waals surface area contributed by atoms with E-state index >= 15 is 0 Å². The van der Waals surface area contributed by atoms with Crippen molar-refractivity contribution in [1.29, 1.82) is 0 Å². The van der Waals surface area contributed by atoms with Crippen molar-refractivity contribution in [3.8, 4) is 51.0 Å². The number of para-hydroxylation sites is 1. The number of fused-ring (bicyclic) bond motifs is 5. The van der Waals surface area contributed by atoms with Gasteiger partial charge >= 0.3 is 0 Å². The molecule has 0 saturated heterocycles. The van der Waals surface area contributed by atoms with Crippen molar-refractivity contribution in [2.75, 3.05) is 4.90 Å². The normalized spacial score (nSPS) is 11.4. The predicted molar refractivity (Wildman–Crippen MR) is 266 cm³/mol. The molecule has 0 aliphatic carbocycles. The van der Waals surface area contributed by atoms with Crippen LogP contribution in [0.3, 0.4) is 0 Å². The zero-order valence-electron chi connectivity index (χ0n) is 34.8. The lowest BCUT2D eigenvalue weighted by Crippen LogP contribution is -2.10. The van der Waals surface area contributed by atoms with Crippen LogP contribution >= 0.6 is 0 Å². The van der Waals surface area contributed by atoms with Crippen LogP contribution in [0.1, 0.15) is 0 Å². The molecule has 5 nitrogen and oxygen atoms in total. The number of rotatable bonds is 8. The molecule has 0 aliphatic heterocycles. The quantitative estimate of drug-likeness (QED) is 0.153. The average Bonchev–Trinajstić information content (AvgIpc) is 3.70. The summed E-state index contributed by atoms with van der Waals surface area (Å²) in [5.41, 5.74) is 11.6. The van der Waals surface area contributed by atoms with Crippen molar-refractivity contribution in [1.82, 2.24) is 19.5 Å². The number of aromatic nitrogens is 4. The highest BCUT2D eigenvalue weighted by atomic mass is 15.2. The van der Waals surface area contributed by atoms with Gasteiger partial charge in [-0.25, -0.2) is 4.98 Å². The zero-order chi connectivity index (χ0) is 42.4. The molecule has 300 valence electrons. The number of hydrogen-bond donors (Lipinski definition) is 0. The van der Waals surface area contributed by atoms with Crippen LogP contribution < -0.4 is 4.90 Å². The third-order valence-corrected chi connectivity index (χ3v) is 12.2. The minimum atomic E-state index is 0.547. The van der Waals surface area contributed by atoms with Gasteiger partial charge in [-0.3, -0.25) is 4.57 Å². The largest absolute Gasteiger partial charge is 0.310 e. The van der Waals surface area contributed by atoms with Crippen LogP contribution in [-0.2, 0) is 0 Å². The summed E-state index contributed by atoms with van der Waals surface area (Å²) in [4.78, 5) is 18.0. The molecule has 0 fully saturated rings. The van der Waals surface area contributed by atoms with Crippen LogP contribution in [0.4, 0.5) is 17.1 Å². The van der Waals surface area contributed by atoms with Gasteiger partial charge in [-0.15, -0.1) is 0 Å². The van der Waals surface area contributed by atoms with Crippen molar-refractivity contribution in [3.05, 3.63) is 237 Å². The first-order chi connectivity index (χ1) is 31.7. The molecule has 0 unspecified atom stereocenters. The van der Waals surface area contributed by atoms with Gasteiger partial charge in [0.1, 0.15) is 0 Å². The van der Waals surface area contributed by atoms with Gasteiger partial charge in [0, 0.05) is 39.0 Å². The van der Waals surface area contributed by atoms with Crippen molar-refractivity contribution in [2.45, 2.75) is 0 Å². The maximum Gasteiger partial charge on any atom is 0.238 e. The summed E-state index contributed by atoms with van der Waals surface area (Å²) in [5.74, 6) is 1.77. The lowest BCUT2D eigenvalue weighted by atomic mass is 9.98. The Kier molecular flexibility index (Phi) is 9.08. The third-order valence-electron chi connectivity index (χ3n) is 12.2. The van der Waals surface area contributed by atoms with E-state index in [9.17, 15) is 0 Å². The van der Waals surface area contributed by atoms with Gasteiger partial charge in [0.05, 0.1) is 11.0 Å². The summed E-state index contributed by atoms with van der Waals surface area (Å²) in [7, 11) is 0. The number of hydrogen-bond acceptors (Lipinski definition) is 4. The highest BCUT2D eigenvalue weighted by Crippen LogP contribution is 2.41. The van der Waals surface area contributed by atoms with E-state index in [2.05, 4.69) is 210 Å². The van der Waals surface area contributed by atoms with E-state index in [1.807, 2.05) is 36.4 Å². The minimum Gasteiger partial charge on any atom is -0.310 e. The molecule has 64 heavy (non-hydrogen) atoms. The standard InChI is InChI=1S/C59H39N5/c1-4-17-43(18-5-1)57-60-58(44-19-6-2-7-20-44)62-59(61-57)64-55-38-47(46-28-27-40-15-10-11-21-45(40)37-46)31-35-53(55)54-36-34-50(39-56(54)64)63(48-23-8-3-9-24-48)49-32-29-42(30-33-49)52-26-14-22-41-16-12-13-25-51(41)52/h1-39H. The zero-order valence-corrected chi connectivity index (χ0v) is 34.8. The molecule has 2 aromatic heterocycles. The predicted octanol–water partition coefficient (Wildman–Crippen LogP) is 15.4. The Bertz CT molecular complexity index is 3590. The Balaban J connectivity index is 1.09. The van der Waals surface area contributed by atoms with Gasteiger partial charge in [-0.2, -0.15) is 9.97 Å². The molecular weight excluding hydrogens is 779 g/mol. The fraction of sp³-hybridized carbons (Fsp3) is 0. The molecule has 12 rings (SSSR count). The second-order valence-corrected chi connectivity index (χ2v) is 16.1. The van der Waals surface area contributed by atoms with Crippen molar-refractivity contribution < 1.29 is 0 Å². The molecule has 0 spiro atoms. The van der Waals surface area contributed by atoms with Gasteiger partial charge in [0.15, 0.2) is 11.6 Å². The SMILES string of the molecule is c1ccc(-c2nc(-c3ccccc3)nc(-n3c4cc(-c5ccc6ccccc6c5)ccc4c4ccc(N(c5ccccc5)c5ccc(-c6cccc7ccccc67)cc5)cc43)n2)cc1. The van der Waals surface area contributed by atoms with E-state index < -0.39 is 0 Å². The molecule has 10 aromatic carbocycles. The topological polar surface area (TPSA) is 46.8 Å². The molecule has 0 bridgehead atoms. The van der Waals surface area contributed by atoms with Crippen LogP contribution in [-0.4, -0.2) is 19.5 Å². The summed E-state index contributed by atoms with van der Waals surface area (Å²) in [6.07, 6.45) is 0. The lowest BCUT2D eigenvalue weighted by molar-refractivity contribution is 0.953. The highest BCUT2D eigenvalue weighted by Gasteiger charge is 2.21. The van der Waals surface area contributed by atoms with E-state index in [1.165, 1.54) is 32.7 Å². The third kappa shape index (κ3) is 6.64. The Morgan fingerprint density at radius 3 is 1.53 bits per heavy atom. The molecule has 12 aromatic rings. The highest BCUT2D eigenvalue weighted by molar-refractivity contribution is 6.11. The first-order valence-corrected chi connectivity index (χ1v) is 21.6. The Labute approximate surface area is 370 Å². The second kappa shape index (κ2) is 15.7. The van der Waals surface area contributed by atoms with Crippen LogP contribution in [0, 0.1) is 0 Å². The Hall–Kier alpha value is -8.67. The lowest BCUT2D eigenvalue weighted by Gasteiger charge is -2.26. The van der Waals surface area contributed by atoms with Crippen molar-refractivity contribution >= 4 is 60.4 Å². The summed E-state index contributed by atoms with van der Waals surface area (Å²) in [6, 6.07) is 83.7. The van der Waals surface area contributed by atoms with E-state index in [-0.39, 0.29) is 0 Å². The van der Waals surface area contributed by atoms with Gasteiger partial charge in [-0.05, 0) is 92.3 Å². The fourth-order valence-corrected chi connectivity index (χ4v) is 9.10. The Morgan fingerprint density at radius 2 is 0.812 bits per heavy atom. The number of nitrogens with zero attached hydrogens (tertiary/aromatic N) is 5. The maximum absolute atomic E-state index is 5.29. The van der Waals surface area contributed by atoms with E-state index in [0.717, 1.165) is 61.1 Å². The molecule has 0 aliphatic rings. The van der Waals surface area contributed by atoms with Crippen LogP contribution in [0.15, 0.2) is 237 Å². The smallest absolute Gasteiger partial charge is 0.238 e. The first kappa shape index (κ1) is 37.1. The summed E-state index contributed by atoms with van der Waals surface area (Å²) in [6.45, 7) is 0. The van der Waals surface area contributed by atoms with Gasteiger partial charge in [-0.1, -0.05) is 188 Å². The molecule has 0 radical (unpaired) electrons. The van der Waals surface area contributed by atoms with Crippen LogP contribution in [0.25, 0.3) is 94.3 Å². The minimum absolute atomic E-state index is 0.547. The molecule has 0 amide bonds. The van der Waals surface area contributed by atoms with Crippen molar-refractivity contribution in [2.24, 2.45) is 0 Å². The molecule has 0 atom stereocenters. The maximum atomic E-state index is 5.29. The van der Waals surface area contributed by atoms with Crippen LogP contribution in [0.2, 0.25) is 0 Å². The number of anilines is 3. The van der Waals surface area contributed by atoms with Gasteiger partial charge in [0.25, 0.3) is 0 Å².